The van der Waals surface area contributed by atoms with Gasteiger partial charge in [-0.3, -0.25) is 5.10 Å². The number of hydrogen-bond donors (Lipinski definition) is 2. The highest BCUT2D eigenvalue weighted by Crippen LogP contribution is 2.22. The zero-order valence-electron chi connectivity index (χ0n) is 13.1. The summed E-state index contributed by atoms with van der Waals surface area (Å²) in [6, 6.07) is 6.43. The molecule has 0 aliphatic rings. The molecule has 0 aliphatic carbocycles. The Bertz CT molecular complexity index is 761. The predicted molar refractivity (Wildman–Crippen MR) is 84.9 cm³/mol. The van der Waals surface area contributed by atoms with E-state index in [2.05, 4.69) is 25.6 Å². The van der Waals surface area contributed by atoms with Crippen LogP contribution < -0.4 is 5.32 Å². The normalized spacial score (nSPS) is 12.5. The van der Waals surface area contributed by atoms with Crippen molar-refractivity contribution in [1.82, 2.24) is 30.3 Å². The molecule has 2 heterocycles. The van der Waals surface area contributed by atoms with Crippen LogP contribution in [-0.4, -0.2) is 25.0 Å². The molecule has 120 valence electrons. The van der Waals surface area contributed by atoms with Gasteiger partial charge >= 0.3 is 0 Å². The average Bonchev–Trinajstić information content (AvgIpc) is 3.22. The van der Waals surface area contributed by atoms with Gasteiger partial charge in [-0.15, -0.1) is 0 Å². The summed E-state index contributed by atoms with van der Waals surface area (Å²) in [4.78, 5) is 4.30. The molecule has 2 aromatic heterocycles. The van der Waals surface area contributed by atoms with Crippen LogP contribution in [-0.2, 0) is 13.1 Å². The average molecular weight is 314 g/mol. The third-order valence-electron chi connectivity index (χ3n) is 3.78. The van der Waals surface area contributed by atoms with Gasteiger partial charge in [0, 0.05) is 24.2 Å². The minimum Gasteiger partial charge on any atom is -0.303 e. The van der Waals surface area contributed by atoms with Crippen LogP contribution in [0.4, 0.5) is 4.39 Å². The zero-order valence-corrected chi connectivity index (χ0v) is 13.1. The molecule has 0 saturated carbocycles. The van der Waals surface area contributed by atoms with E-state index in [4.69, 9.17) is 0 Å². The fourth-order valence-corrected chi connectivity index (χ4v) is 2.52. The van der Waals surface area contributed by atoms with Crippen molar-refractivity contribution in [3.63, 3.8) is 0 Å². The molecular weight excluding hydrogens is 295 g/mol. The van der Waals surface area contributed by atoms with E-state index in [0.717, 1.165) is 29.2 Å². The Kier molecular flexibility index (Phi) is 4.47. The predicted octanol–water partition coefficient (Wildman–Crippen LogP) is 2.68. The van der Waals surface area contributed by atoms with Gasteiger partial charge in [0.25, 0.3) is 0 Å². The first-order chi connectivity index (χ1) is 11.2. The van der Waals surface area contributed by atoms with E-state index >= 15 is 0 Å². The van der Waals surface area contributed by atoms with Crippen molar-refractivity contribution in [2.75, 3.05) is 0 Å². The van der Waals surface area contributed by atoms with Crippen molar-refractivity contribution in [2.24, 2.45) is 0 Å². The van der Waals surface area contributed by atoms with E-state index in [1.54, 1.807) is 24.7 Å². The summed E-state index contributed by atoms with van der Waals surface area (Å²) < 4.78 is 14.9. The molecule has 0 radical (unpaired) electrons. The first kappa shape index (κ1) is 15.4. The quantitative estimate of drug-likeness (QED) is 0.734. The Balaban J connectivity index is 1.72. The summed E-state index contributed by atoms with van der Waals surface area (Å²) in [5.41, 5.74) is 2.82. The van der Waals surface area contributed by atoms with Gasteiger partial charge < -0.3 is 5.32 Å². The standard InChI is InChI=1S/C16H19FN6/c1-3-23-16(19-10-21-23)11(2)18-8-13-9-20-22-15(13)12-4-6-14(17)7-5-12/h4-7,9-11,18H,3,8H2,1-2H3,(H,20,22). The van der Waals surface area contributed by atoms with Crippen LogP contribution >= 0.6 is 0 Å². The maximum absolute atomic E-state index is 13.1. The van der Waals surface area contributed by atoms with Gasteiger partial charge in [-0.2, -0.15) is 10.2 Å². The smallest absolute Gasteiger partial charge is 0.143 e. The molecule has 23 heavy (non-hydrogen) atoms. The molecule has 0 aliphatic heterocycles. The molecule has 3 aromatic rings. The number of H-pyrrole nitrogens is 1. The maximum Gasteiger partial charge on any atom is 0.143 e. The monoisotopic (exact) mass is 314 g/mol. The first-order valence-electron chi connectivity index (χ1n) is 7.58. The van der Waals surface area contributed by atoms with Crippen molar-refractivity contribution >= 4 is 0 Å². The number of aromatic nitrogens is 5. The number of benzene rings is 1. The van der Waals surface area contributed by atoms with Gasteiger partial charge in [0.1, 0.15) is 18.0 Å². The summed E-state index contributed by atoms with van der Waals surface area (Å²) in [6.07, 6.45) is 3.35. The topological polar surface area (TPSA) is 71.4 Å². The SMILES string of the molecule is CCn1ncnc1C(C)NCc1cn[nH]c1-c1ccc(F)cc1. The molecule has 0 spiro atoms. The van der Waals surface area contributed by atoms with Crippen LogP contribution in [0.15, 0.2) is 36.8 Å². The molecule has 1 atom stereocenters. The lowest BCUT2D eigenvalue weighted by molar-refractivity contribution is 0.498. The summed E-state index contributed by atoms with van der Waals surface area (Å²) in [5, 5.41) is 14.7. The number of aryl methyl sites for hydroxylation is 1. The van der Waals surface area contributed by atoms with Gasteiger partial charge in [-0.25, -0.2) is 14.1 Å². The van der Waals surface area contributed by atoms with Crippen molar-refractivity contribution < 1.29 is 4.39 Å². The van der Waals surface area contributed by atoms with E-state index in [1.807, 2.05) is 18.5 Å². The molecule has 1 unspecified atom stereocenters. The second kappa shape index (κ2) is 6.70. The van der Waals surface area contributed by atoms with Crippen molar-refractivity contribution in [3.8, 4) is 11.3 Å². The first-order valence-corrected chi connectivity index (χ1v) is 7.58. The van der Waals surface area contributed by atoms with Gasteiger partial charge in [0.2, 0.25) is 0 Å². The van der Waals surface area contributed by atoms with Crippen LogP contribution in [0.1, 0.15) is 31.3 Å². The molecule has 3 rings (SSSR count). The highest BCUT2D eigenvalue weighted by Gasteiger charge is 2.14. The number of hydrogen-bond acceptors (Lipinski definition) is 4. The Labute approximate surface area is 133 Å². The zero-order chi connectivity index (χ0) is 16.2. The second-order valence-electron chi connectivity index (χ2n) is 5.31. The fraction of sp³-hybridized carbons (Fsp3) is 0.312. The molecule has 6 nitrogen and oxygen atoms in total. The highest BCUT2D eigenvalue weighted by molar-refractivity contribution is 5.62. The minimum absolute atomic E-state index is 0.0633. The third-order valence-corrected chi connectivity index (χ3v) is 3.78. The van der Waals surface area contributed by atoms with Gasteiger partial charge in [0.15, 0.2) is 0 Å². The molecule has 0 fully saturated rings. The van der Waals surface area contributed by atoms with Crippen LogP contribution in [0.5, 0.6) is 0 Å². The van der Waals surface area contributed by atoms with E-state index in [1.165, 1.54) is 12.1 Å². The van der Waals surface area contributed by atoms with E-state index in [0.29, 0.717) is 6.54 Å². The largest absolute Gasteiger partial charge is 0.303 e. The number of rotatable bonds is 6. The van der Waals surface area contributed by atoms with Crippen molar-refractivity contribution in [1.29, 1.82) is 0 Å². The summed E-state index contributed by atoms with van der Waals surface area (Å²) in [7, 11) is 0. The Morgan fingerprint density at radius 2 is 2.09 bits per heavy atom. The molecular formula is C16H19FN6. The van der Waals surface area contributed by atoms with Gasteiger partial charge in [-0.05, 0) is 38.1 Å². The Morgan fingerprint density at radius 3 is 2.83 bits per heavy atom. The number of aromatic amines is 1. The maximum atomic E-state index is 13.1. The van der Waals surface area contributed by atoms with E-state index < -0.39 is 0 Å². The van der Waals surface area contributed by atoms with Crippen LogP contribution in [0.2, 0.25) is 0 Å². The fourth-order valence-electron chi connectivity index (χ4n) is 2.52. The summed E-state index contributed by atoms with van der Waals surface area (Å²) in [6.45, 7) is 5.50. The lowest BCUT2D eigenvalue weighted by atomic mass is 10.1. The molecule has 0 amide bonds. The summed E-state index contributed by atoms with van der Waals surface area (Å²) in [5.74, 6) is 0.653. The highest BCUT2D eigenvalue weighted by atomic mass is 19.1. The summed E-state index contributed by atoms with van der Waals surface area (Å²) >= 11 is 0. The van der Waals surface area contributed by atoms with Crippen LogP contribution in [0, 0.1) is 5.82 Å². The lowest BCUT2D eigenvalue weighted by Crippen LogP contribution is -2.22. The van der Waals surface area contributed by atoms with Crippen molar-refractivity contribution in [3.05, 3.63) is 54.0 Å². The molecule has 2 N–H and O–H groups in total. The van der Waals surface area contributed by atoms with E-state index in [9.17, 15) is 4.39 Å². The minimum atomic E-state index is -0.250. The number of nitrogens with zero attached hydrogens (tertiary/aromatic N) is 4. The Hall–Kier alpha value is -2.54. The van der Waals surface area contributed by atoms with Gasteiger partial charge in [-0.1, -0.05) is 0 Å². The van der Waals surface area contributed by atoms with Crippen LogP contribution in [0.3, 0.4) is 0 Å². The van der Waals surface area contributed by atoms with Gasteiger partial charge in [0.05, 0.1) is 17.9 Å². The molecule has 0 saturated heterocycles. The second-order valence-corrected chi connectivity index (χ2v) is 5.31. The molecule has 7 heteroatoms. The molecule has 0 bridgehead atoms. The van der Waals surface area contributed by atoms with E-state index in [-0.39, 0.29) is 11.9 Å². The van der Waals surface area contributed by atoms with Crippen molar-refractivity contribution in [2.45, 2.75) is 33.0 Å². The van der Waals surface area contributed by atoms with Crippen LogP contribution in [0.25, 0.3) is 11.3 Å². The third kappa shape index (κ3) is 3.29. The lowest BCUT2D eigenvalue weighted by Gasteiger charge is -2.14. The number of nitrogens with one attached hydrogen (secondary N) is 2. The molecule has 1 aromatic carbocycles. The Morgan fingerprint density at radius 1 is 1.30 bits per heavy atom. The number of halogens is 1.